The molecule has 1 aromatic heterocycles. The van der Waals surface area contributed by atoms with Crippen molar-refractivity contribution in [3.63, 3.8) is 0 Å². The third kappa shape index (κ3) is 6.67. The maximum Gasteiger partial charge on any atom is 0.121 e. The Labute approximate surface area is 163 Å². The van der Waals surface area contributed by atoms with Crippen molar-refractivity contribution in [2.75, 3.05) is 38.6 Å². The summed E-state index contributed by atoms with van der Waals surface area (Å²) >= 11 is 0. The van der Waals surface area contributed by atoms with Crippen LogP contribution in [0.25, 0.3) is 10.9 Å². The molecule has 2 aromatic rings. The van der Waals surface area contributed by atoms with Gasteiger partial charge in [0, 0.05) is 30.7 Å². The van der Waals surface area contributed by atoms with E-state index in [-0.39, 0.29) is 0 Å². The second-order valence-corrected chi connectivity index (χ2v) is 7.58. The van der Waals surface area contributed by atoms with Crippen LogP contribution in [0.5, 0.6) is 5.75 Å². The van der Waals surface area contributed by atoms with Crippen LogP contribution in [-0.2, 0) is 0 Å². The molecule has 2 N–H and O–H groups in total. The Morgan fingerprint density at radius 2 is 1.89 bits per heavy atom. The number of nitrogens with zero attached hydrogens (tertiary/aromatic N) is 2. The molecule has 0 saturated heterocycles. The maximum absolute atomic E-state index is 11.0. The van der Waals surface area contributed by atoms with E-state index < -0.39 is 5.60 Å². The lowest BCUT2D eigenvalue weighted by Gasteiger charge is -2.32. The van der Waals surface area contributed by atoms with Gasteiger partial charge in [-0.15, -0.1) is 0 Å². The first-order valence-electron chi connectivity index (χ1n) is 10.1. The van der Waals surface area contributed by atoms with Crippen molar-refractivity contribution in [3.05, 3.63) is 30.5 Å². The minimum absolute atomic E-state index is 0.459. The van der Waals surface area contributed by atoms with Crippen LogP contribution in [0.2, 0.25) is 0 Å². The SMILES string of the molecule is CCCCN(CCCC)C[C@@](C)(O)CNc1cc(OC)cc2cccnc12. The molecule has 0 radical (unpaired) electrons. The topological polar surface area (TPSA) is 57.6 Å². The lowest BCUT2D eigenvalue weighted by atomic mass is 10.0. The van der Waals surface area contributed by atoms with Gasteiger partial charge in [0.05, 0.1) is 23.9 Å². The number of pyridine rings is 1. The van der Waals surface area contributed by atoms with Crippen LogP contribution in [0.4, 0.5) is 5.69 Å². The molecule has 0 aliphatic heterocycles. The Morgan fingerprint density at radius 1 is 1.19 bits per heavy atom. The van der Waals surface area contributed by atoms with Crippen LogP contribution in [-0.4, -0.2) is 53.9 Å². The van der Waals surface area contributed by atoms with E-state index >= 15 is 0 Å². The van der Waals surface area contributed by atoms with E-state index in [4.69, 9.17) is 4.74 Å². The van der Waals surface area contributed by atoms with Gasteiger partial charge in [-0.2, -0.15) is 0 Å². The van der Waals surface area contributed by atoms with Crippen molar-refractivity contribution in [1.29, 1.82) is 0 Å². The van der Waals surface area contributed by atoms with Crippen LogP contribution in [0.15, 0.2) is 30.5 Å². The van der Waals surface area contributed by atoms with Crippen LogP contribution >= 0.6 is 0 Å². The predicted octanol–water partition coefficient (Wildman–Crippen LogP) is 4.31. The molecule has 0 bridgehead atoms. The van der Waals surface area contributed by atoms with E-state index in [0.29, 0.717) is 13.1 Å². The molecule has 1 aromatic carbocycles. The minimum atomic E-state index is -0.828. The van der Waals surface area contributed by atoms with Crippen molar-refractivity contribution in [2.24, 2.45) is 0 Å². The fourth-order valence-electron chi connectivity index (χ4n) is 3.27. The predicted molar refractivity (Wildman–Crippen MR) is 114 cm³/mol. The molecular weight excluding hydrogens is 338 g/mol. The summed E-state index contributed by atoms with van der Waals surface area (Å²) in [7, 11) is 1.66. The highest BCUT2D eigenvalue weighted by molar-refractivity contribution is 5.91. The number of rotatable bonds is 12. The van der Waals surface area contributed by atoms with Gasteiger partial charge < -0.3 is 20.1 Å². The average Bonchev–Trinajstić information content (AvgIpc) is 2.67. The average molecular weight is 374 g/mol. The van der Waals surface area contributed by atoms with E-state index in [2.05, 4.69) is 29.0 Å². The highest BCUT2D eigenvalue weighted by Crippen LogP contribution is 2.28. The molecule has 0 amide bonds. The molecule has 0 saturated carbocycles. The molecule has 0 aliphatic carbocycles. The zero-order valence-corrected chi connectivity index (χ0v) is 17.3. The number of methoxy groups -OCH3 is 1. The first-order chi connectivity index (χ1) is 13.0. The Morgan fingerprint density at radius 3 is 2.52 bits per heavy atom. The molecule has 150 valence electrons. The molecular formula is C22H35N3O2. The van der Waals surface area contributed by atoms with Gasteiger partial charge in [-0.05, 0) is 45.0 Å². The third-order valence-corrected chi connectivity index (χ3v) is 4.79. The Balaban J connectivity index is 2.08. The maximum atomic E-state index is 11.0. The number of aromatic nitrogens is 1. The van der Waals surface area contributed by atoms with Gasteiger partial charge in [-0.25, -0.2) is 0 Å². The Bertz CT molecular complexity index is 695. The van der Waals surface area contributed by atoms with Crippen LogP contribution in [0.3, 0.4) is 0 Å². The molecule has 0 fully saturated rings. The number of hydrogen-bond donors (Lipinski definition) is 2. The summed E-state index contributed by atoms with van der Waals surface area (Å²) in [6, 6.07) is 7.85. The van der Waals surface area contributed by atoms with E-state index in [1.165, 1.54) is 12.8 Å². The number of benzene rings is 1. The second kappa shape index (κ2) is 10.5. The Kier molecular flexibility index (Phi) is 8.32. The summed E-state index contributed by atoms with van der Waals surface area (Å²) < 4.78 is 5.41. The van der Waals surface area contributed by atoms with Gasteiger partial charge in [0.25, 0.3) is 0 Å². The zero-order chi connectivity index (χ0) is 19.7. The van der Waals surface area contributed by atoms with E-state index in [1.54, 1.807) is 13.3 Å². The summed E-state index contributed by atoms with van der Waals surface area (Å²) in [6.07, 6.45) is 6.46. The minimum Gasteiger partial charge on any atom is -0.497 e. The van der Waals surface area contributed by atoms with E-state index in [9.17, 15) is 5.11 Å². The van der Waals surface area contributed by atoms with Gasteiger partial charge in [-0.1, -0.05) is 32.8 Å². The van der Waals surface area contributed by atoms with Gasteiger partial charge >= 0.3 is 0 Å². The smallest absolute Gasteiger partial charge is 0.121 e. The number of nitrogens with one attached hydrogen (secondary N) is 1. The first kappa shape index (κ1) is 21.5. The molecule has 0 spiro atoms. The normalized spacial score (nSPS) is 13.7. The first-order valence-corrected chi connectivity index (χ1v) is 10.1. The molecule has 5 heteroatoms. The molecule has 2 rings (SSSR count). The summed E-state index contributed by atoms with van der Waals surface area (Å²) in [5, 5.41) is 15.4. The number of aliphatic hydroxyl groups is 1. The van der Waals surface area contributed by atoms with Crippen molar-refractivity contribution in [3.8, 4) is 5.75 Å². The molecule has 27 heavy (non-hydrogen) atoms. The van der Waals surface area contributed by atoms with E-state index in [0.717, 1.165) is 48.3 Å². The summed E-state index contributed by atoms with van der Waals surface area (Å²) in [5.41, 5.74) is 0.952. The molecule has 0 unspecified atom stereocenters. The van der Waals surface area contributed by atoms with Gasteiger partial charge in [0.15, 0.2) is 0 Å². The summed E-state index contributed by atoms with van der Waals surface area (Å²) in [6.45, 7) is 9.51. The highest BCUT2D eigenvalue weighted by Gasteiger charge is 2.24. The van der Waals surface area contributed by atoms with Crippen LogP contribution in [0.1, 0.15) is 46.5 Å². The second-order valence-electron chi connectivity index (χ2n) is 7.58. The van der Waals surface area contributed by atoms with Crippen LogP contribution in [0, 0.1) is 0 Å². The standard InChI is InChI=1S/C22H35N3O2/c1-5-7-12-25(13-8-6-2)17-22(3,26)16-24-20-15-19(27-4)14-18-10-9-11-23-21(18)20/h9-11,14-15,24,26H,5-8,12-13,16-17H2,1-4H3/t22-/m0/s1. The van der Waals surface area contributed by atoms with Gasteiger partial charge in [-0.3, -0.25) is 4.98 Å². The molecule has 0 aliphatic rings. The van der Waals surface area contributed by atoms with E-state index in [1.807, 2.05) is 31.2 Å². The van der Waals surface area contributed by atoms with Crippen LogP contribution < -0.4 is 10.1 Å². The number of anilines is 1. The number of ether oxygens (including phenoxy) is 1. The number of fused-ring (bicyclic) bond motifs is 1. The quantitative estimate of drug-likeness (QED) is 0.581. The zero-order valence-electron chi connectivity index (χ0n) is 17.3. The highest BCUT2D eigenvalue weighted by atomic mass is 16.5. The third-order valence-electron chi connectivity index (χ3n) is 4.79. The largest absolute Gasteiger partial charge is 0.497 e. The van der Waals surface area contributed by atoms with Gasteiger partial charge in [0.2, 0.25) is 0 Å². The lowest BCUT2D eigenvalue weighted by molar-refractivity contribution is 0.0301. The van der Waals surface area contributed by atoms with Crippen molar-refractivity contribution >= 4 is 16.6 Å². The molecule has 5 nitrogen and oxygen atoms in total. The van der Waals surface area contributed by atoms with Crippen molar-refractivity contribution < 1.29 is 9.84 Å². The fourth-order valence-corrected chi connectivity index (χ4v) is 3.27. The number of unbranched alkanes of at least 4 members (excludes halogenated alkanes) is 2. The Hall–Kier alpha value is -1.85. The fraction of sp³-hybridized carbons (Fsp3) is 0.591. The van der Waals surface area contributed by atoms with Gasteiger partial charge in [0.1, 0.15) is 5.75 Å². The molecule has 1 heterocycles. The monoisotopic (exact) mass is 373 g/mol. The molecule has 1 atom stereocenters. The van der Waals surface area contributed by atoms with Crippen molar-refractivity contribution in [1.82, 2.24) is 9.88 Å². The number of hydrogen-bond acceptors (Lipinski definition) is 5. The lowest BCUT2D eigenvalue weighted by Crippen LogP contribution is -2.46. The summed E-state index contributed by atoms with van der Waals surface area (Å²) in [4.78, 5) is 6.87. The summed E-state index contributed by atoms with van der Waals surface area (Å²) in [5.74, 6) is 0.783. The van der Waals surface area contributed by atoms with Crippen molar-refractivity contribution in [2.45, 2.75) is 52.1 Å².